The average Bonchev–Trinajstić information content (AvgIpc) is 2.46. The standard InChI is InChI=1S/C14H22N2O2/c1-4-11-10-16(8-7-15-11)12-5-6-13(17-2)14(9-12)18-3/h5-6,9,11,15H,4,7-8,10H2,1-3H3/t11-/m1/s1. The number of nitrogens with one attached hydrogen (secondary N) is 1. The molecule has 1 fully saturated rings. The number of methoxy groups -OCH3 is 2. The van der Waals surface area contributed by atoms with Crippen LogP contribution in [0.5, 0.6) is 11.5 Å². The van der Waals surface area contributed by atoms with Crippen LogP contribution in [0.1, 0.15) is 13.3 Å². The third-order valence-corrected chi connectivity index (χ3v) is 3.48. The van der Waals surface area contributed by atoms with Gasteiger partial charge in [-0.3, -0.25) is 0 Å². The molecule has 2 rings (SSSR count). The van der Waals surface area contributed by atoms with Crippen molar-refractivity contribution in [2.45, 2.75) is 19.4 Å². The minimum atomic E-state index is 0.576. The molecule has 0 saturated carbocycles. The Morgan fingerprint density at radius 2 is 2.06 bits per heavy atom. The first-order valence-electron chi connectivity index (χ1n) is 6.48. The van der Waals surface area contributed by atoms with Crippen LogP contribution in [-0.4, -0.2) is 39.9 Å². The van der Waals surface area contributed by atoms with Crippen LogP contribution >= 0.6 is 0 Å². The van der Waals surface area contributed by atoms with Gasteiger partial charge in [0.25, 0.3) is 0 Å². The Balaban J connectivity index is 2.17. The van der Waals surface area contributed by atoms with Crippen molar-refractivity contribution in [3.05, 3.63) is 18.2 Å². The smallest absolute Gasteiger partial charge is 0.162 e. The highest BCUT2D eigenvalue weighted by Crippen LogP contribution is 2.31. The van der Waals surface area contributed by atoms with Crippen LogP contribution in [0.2, 0.25) is 0 Å². The Bertz CT molecular complexity index is 395. The third-order valence-electron chi connectivity index (χ3n) is 3.48. The molecule has 100 valence electrons. The van der Waals surface area contributed by atoms with Crippen LogP contribution in [0.25, 0.3) is 0 Å². The van der Waals surface area contributed by atoms with E-state index in [1.165, 1.54) is 5.69 Å². The molecule has 0 aliphatic carbocycles. The normalized spacial score (nSPS) is 19.7. The predicted octanol–water partition coefficient (Wildman–Crippen LogP) is 1.89. The number of nitrogens with zero attached hydrogens (tertiary/aromatic N) is 1. The molecule has 0 amide bonds. The Labute approximate surface area is 109 Å². The number of hydrogen-bond donors (Lipinski definition) is 1. The monoisotopic (exact) mass is 250 g/mol. The van der Waals surface area contributed by atoms with Gasteiger partial charge < -0.3 is 19.7 Å². The van der Waals surface area contributed by atoms with Crippen LogP contribution in [0, 0.1) is 0 Å². The van der Waals surface area contributed by atoms with E-state index in [1.54, 1.807) is 14.2 Å². The number of rotatable bonds is 4. The molecule has 0 unspecified atom stereocenters. The Morgan fingerprint density at radius 3 is 2.72 bits per heavy atom. The molecule has 1 aliphatic heterocycles. The third kappa shape index (κ3) is 2.70. The first-order valence-corrected chi connectivity index (χ1v) is 6.48. The second-order valence-corrected chi connectivity index (χ2v) is 4.54. The lowest BCUT2D eigenvalue weighted by molar-refractivity contribution is 0.354. The molecular weight excluding hydrogens is 228 g/mol. The van der Waals surface area contributed by atoms with E-state index in [4.69, 9.17) is 9.47 Å². The fourth-order valence-electron chi connectivity index (χ4n) is 2.36. The van der Waals surface area contributed by atoms with E-state index in [0.717, 1.165) is 37.6 Å². The summed E-state index contributed by atoms with van der Waals surface area (Å²) in [6, 6.07) is 6.69. The summed E-state index contributed by atoms with van der Waals surface area (Å²) in [5.41, 5.74) is 1.20. The molecule has 1 atom stereocenters. The van der Waals surface area contributed by atoms with Gasteiger partial charge in [0.2, 0.25) is 0 Å². The van der Waals surface area contributed by atoms with Crippen molar-refractivity contribution in [3.63, 3.8) is 0 Å². The van der Waals surface area contributed by atoms with Gasteiger partial charge in [-0.05, 0) is 18.6 Å². The summed E-state index contributed by atoms with van der Waals surface area (Å²) < 4.78 is 10.6. The Hall–Kier alpha value is -1.42. The maximum Gasteiger partial charge on any atom is 0.162 e. The first-order chi connectivity index (χ1) is 8.78. The van der Waals surface area contributed by atoms with Gasteiger partial charge in [0, 0.05) is 37.4 Å². The molecule has 1 heterocycles. The summed E-state index contributed by atoms with van der Waals surface area (Å²) in [5.74, 6) is 1.57. The summed E-state index contributed by atoms with van der Waals surface area (Å²) in [7, 11) is 3.34. The van der Waals surface area contributed by atoms with E-state index < -0.39 is 0 Å². The lowest BCUT2D eigenvalue weighted by atomic mass is 10.1. The predicted molar refractivity (Wildman–Crippen MR) is 73.8 cm³/mol. The SMILES string of the molecule is CC[C@@H]1CN(c2ccc(OC)c(OC)c2)CCN1. The first kappa shape index (κ1) is 13.0. The highest BCUT2D eigenvalue weighted by Gasteiger charge is 2.19. The number of hydrogen-bond acceptors (Lipinski definition) is 4. The maximum absolute atomic E-state index is 5.35. The summed E-state index contributed by atoms with van der Waals surface area (Å²) in [4.78, 5) is 2.40. The maximum atomic E-state index is 5.35. The fraction of sp³-hybridized carbons (Fsp3) is 0.571. The van der Waals surface area contributed by atoms with Crippen molar-refractivity contribution < 1.29 is 9.47 Å². The van der Waals surface area contributed by atoms with Crippen molar-refractivity contribution >= 4 is 5.69 Å². The van der Waals surface area contributed by atoms with E-state index >= 15 is 0 Å². The molecule has 18 heavy (non-hydrogen) atoms. The summed E-state index contributed by atoms with van der Waals surface area (Å²) in [5, 5.41) is 3.52. The summed E-state index contributed by atoms with van der Waals surface area (Å²) in [6.07, 6.45) is 1.16. The van der Waals surface area contributed by atoms with Gasteiger partial charge in [-0.2, -0.15) is 0 Å². The van der Waals surface area contributed by atoms with Gasteiger partial charge in [-0.15, -0.1) is 0 Å². The van der Waals surface area contributed by atoms with E-state index in [1.807, 2.05) is 6.07 Å². The zero-order valence-corrected chi connectivity index (χ0v) is 11.4. The number of benzene rings is 1. The minimum absolute atomic E-state index is 0.576. The molecule has 1 aromatic carbocycles. The molecule has 1 N–H and O–H groups in total. The molecule has 1 aliphatic rings. The molecular formula is C14H22N2O2. The summed E-state index contributed by atoms with van der Waals surface area (Å²) >= 11 is 0. The second-order valence-electron chi connectivity index (χ2n) is 4.54. The van der Waals surface area contributed by atoms with Crippen LogP contribution in [0.3, 0.4) is 0 Å². The molecule has 1 aromatic rings. The molecule has 0 aromatic heterocycles. The molecule has 0 spiro atoms. The van der Waals surface area contributed by atoms with E-state index in [2.05, 4.69) is 29.3 Å². The Kier molecular flexibility index (Phi) is 4.31. The zero-order chi connectivity index (χ0) is 13.0. The van der Waals surface area contributed by atoms with Crippen molar-refractivity contribution in [3.8, 4) is 11.5 Å². The van der Waals surface area contributed by atoms with Crippen molar-refractivity contribution in [2.75, 3.05) is 38.8 Å². The molecule has 4 heteroatoms. The van der Waals surface area contributed by atoms with Crippen LogP contribution < -0.4 is 19.7 Å². The minimum Gasteiger partial charge on any atom is -0.493 e. The lowest BCUT2D eigenvalue weighted by Crippen LogP contribution is -2.50. The van der Waals surface area contributed by atoms with Gasteiger partial charge in [0.15, 0.2) is 11.5 Å². The van der Waals surface area contributed by atoms with Gasteiger partial charge in [0.05, 0.1) is 14.2 Å². The number of ether oxygens (including phenoxy) is 2. The zero-order valence-electron chi connectivity index (χ0n) is 11.4. The highest BCUT2D eigenvalue weighted by atomic mass is 16.5. The topological polar surface area (TPSA) is 33.7 Å². The van der Waals surface area contributed by atoms with Gasteiger partial charge >= 0.3 is 0 Å². The van der Waals surface area contributed by atoms with E-state index in [-0.39, 0.29) is 0 Å². The highest BCUT2D eigenvalue weighted by molar-refractivity contribution is 5.56. The molecule has 0 bridgehead atoms. The lowest BCUT2D eigenvalue weighted by Gasteiger charge is -2.35. The largest absolute Gasteiger partial charge is 0.493 e. The van der Waals surface area contributed by atoms with Crippen LogP contribution in [-0.2, 0) is 0 Å². The van der Waals surface area contributed by atoms with Gasteiger partial charge in [0.1, 0.15) is 0 Å². The van der Waals surface area contributed by atoms with Gasteiger partial charge in [-0.1, -0.05) is 6.92 Å². The Morgan fingerprint density at radius 1 is 1.28 bits per heavy atom. The number of piperazine rings is 1. The quantitative estimate of drug-likeness (QED) is 0.885. The van der Waals surface area contributed by atoms with Crippen molar-refractivity contribution in [1.29, 1.82) is 0 Å². The second kappa shape index (κ2) is 5.96. The van der Waals surface area contributed by atoms with Crippen LogP contribution in [0.4, 0.5) is 5.69 Å². The molecule has 1 saturated heterocycles. The summed E-state index contributed by atoms with van der Waals surface area (Å²) in [6.45, 7) is 5.33. The molecule has 0 radical (unpaired) electrons. The average molecular weight is 250 g/mol. The fourth-order valence-corrected chi connectivity index (χ4v) is 2.36. The van der Waals surface area contributed by atoms with Crippen molar-refractivity contribution in [2.24, 2.45) is 0 Å². The van der Waals surface area contributed by atoms with E-state index in [9.17, 15) is 0 Å². The number of anilines is 1. The molecule has 4 nitrogen and oxygen atoms in total. The van der Waals surface area contributed by atoms with E-state index in [0.29, 0.717) is 6.04 Å². The van der Waals surface area contributed by atoms with Crippen molar-refractivity contribution in [1.82, 2.24) is 5.32 Å². The van der Waals surface area contributed by atoms with Gasteiger partial charge in [-0.25, -0.2) is 0 Å². The van der Waals surface area contributed by atoms with Crippen LogP contribution in [0.15, 0.2) is 18.2 Å².